The van der Waals surface area contributed by atoms with Crippen LogP contribution in [-0.2, 0) is 19.1 Å². The summed E-state index contributed by atoms with van der Waals surface area (Å²) >= 11 is 0. The number of rotatable bonds is 9. The van der Waals surface area contributed by atoms with Gasteiger partial charge < -0.3 is 29.3 Å². The molecule has 0 aromatic heterocycles. The van der Waals surface area contributed by atoms with E-state index in [-0.39, 0.29) is 30.2 Å². The molecule has 7 atom stereocenters. The van der Waals surface area contributed by atoms with Crippen LogP contribution in [0.15, 0.2) is 66.8 Å². The first-order valence-corrected chi connectivity index (χ1v) is 17.0. The van der Waals surface area contributed by atoms with Crippen LogP contribution < -0.4 is 14.5 Å². The zero-order valence-electron chi connectivity index (χ0n) is 28.3. The Morgan fingerprint density at radius 2 is 1.62 bits per heavy atom. The summed E-state index contributed by atoms with van der Waals surface area (Å²) in [6, 6.07) is 11.7. The molecule has 0 aliphatic carbocycles. The molecule has 1 N–H and O–H groups in total. The normalized spacial score (nSPS) is 29.7. The van der Waals surface area contributed by atoms with E-state index in [2.05, 4.69) is 0 Å². The van der Waals surface area contributed by atoms with Crippen LogP contribution in [-0.4, -0.2) is 77.3 Å². The summed E-state index contributed by atoms with van der Waals surface area (Å²) in [7, 11) is 0. The molecule has 4 heterocycles. The summed E-state index contributed by atoms with van der Waals surface area (Å²) in [5.41, 5.74) is 0.896. The van der Waals surface area contributed by atoms with Crippen molar-refractivity contribution in [2.45, 2.75) is 77.7 Å². The molecule has 3 amide bonds. The maximum absolute atomic E-state index is 15.0. The fraction of sp³-hybridized carbons (Fsp3) is 0.500. The number of benzene rings is 2. The highest BCUT2D eigenvalue weighted by molar-refractivity contribution is 6.08. The Morgan fingerprint density at radius 3 is 2.28 bits per heavy atom. The fourth-order valence-corrected chi connectivity index (χ4v) is 8.22. The average Bonchev–Trinajstić information content (AvgIpc) is 3.36. The van der Waals surface area contributed by atoms with Crippen molar-refractivity contribution in [3.63, 3.8) is 0 Å². The van der Waals surface area contributed by atoms with Crippen molar-refractivity contribution < 1.29 is 29.0 Å². The van der Waals surface area contributed by atoms with Crippen molar-refractivity contribution in [2.24, 2.45) is 17.8 Å². The molecule has 4 aliphatic heterocycles. The van der Waals surface area contributed by atoms with Crippen molar-refractivity contribution in [2.75, 3.05) is 36.1 Å². The Labute approximate surface area is 277 Å². The molecule has 2 aromatic rings. The molecule has 2 saturated heterocycles. The summed E-state index contributed by atoms with van der Waals surface area (Å²) in [5, 5.41) is 10.8. The second-order valence-electron chi connectivity index (χ2n) is 13.4. The van der Waals surface area contributed by atoms with Crippen LogP contribution in [0.2, 0.25) is 0 Å². The van der Waals surface area contributed by atoms with Gasteiger partial charge in [-0.1, -0.05) is 63.6 Å². The number of hydrogen-bond acceptors (Lipinski definition) is 6. The van der Waals surface area contributed by atoms with Crippen LogP contribution in [0.3, 0.4) is 0 Å². The van der Waals surface area contributed by atoms with Gasteiger partial charge in [-0.2, -0.15) is 0 Å². The largest absolute Gasteiger partial charge is 0.494 e. The first-order chi connectivity index (χ1) is 22.6. The third kappa shape index (κ3) is 5.10. The first-order valence-electron chi connectivity index (χ1n) is 17.0. The van der Waals surface area contributed by atoms with Crippen molar-refractivity contribution in [1.29, 1.82) is 0 Å². The SMILES string of the molecule is CCOc1ccc(N2CC=C[C@]3(CC)O[C@]45C=CCN(c6cc(C)ccc6C)C(=O)C4N([C@@H](CO)[C@@H](C)CC)C(=O)[C@@H]5[C@@H]3C2=O)cc1. The summed E-state index contributed by atoms with van der Waals surface area (Å²) < 4.78 is 12.8. The molecule has 0 saturated carbocycles. The lowest BCUT2D eigenvalue weighted by atomic mass is 9.73. The average molecular weight is 642 g/mol. The molecular weight excluding hydrogens is 594 g/mol. The number of hydrogen-bond donors (Lipinski definition) is 1. The molecule has 1 spiro atoms. The number of nitrogens with zero attached hydrogens (tertiary/aromatic N) is 3. The predicted octanol–water partition coefficient (Wildman–Crippen LogP) is 4.98. The molecule has 2 fully saturated rings. The van der Waals surface area contributed by atoms with Crippen molar-refractivity contribution in [1.82, 2.24) is 4.90 Å². The predicted molar refractivity (Wildman–Crippen MR) is 181 cm³/mol. The van der Waals surface area contributed by atoms with Gasteiger partial charge in [0, 0.05) is 24.5 Å². The standard InChI is InChI=1S/C38H47N3O6/c1-7-25(5)30(23-42)41-33-36(45)40(29-22-24(4)12-13-26(29)6)21-11-19-38(33)32(35(41)44)31-34(43)39(20-10-18-37(31,8-2)47-38)27-14-16-28(17-15-27)46-9-3/h10-19,22,25,30-33,42H,7-9,20-21,23H2,1-6H3/t25-,30-,31+,32-,33?,37-,38-/m0/s1. The van der Waals surface area contributed by atoms with Gasteiger partial charge in [-0.25, -0.2) is 0 Å². The van der Waals surface area contributed by atoms with Crippen LogP contribution in [0.1, 0.15) is 51.7 Å². The maximum atomic E-state index is 15.0. The number of amides is 3. The van der Waals surface area contributed by atoms with Crippen LogP contribution in [0.4, 0.5) is 11.4 Å². The highest BCUT2D eigenvalue weighted by Crippen LogP contribution is 2.59. The van der Waals surface area contributed by atoms with Crippen LogP contribution in [0.25, 0.3) is 0 Å². The van der Waals surface area contributed by atoms with E-state index in [4.69, 9.17) is 9.47 Å². The van der Waals surface area contributed by atoms with E-state index < -0.39 is 35.1 Å². The highest BCUT2D eigenvalue weighted by atomic mass is 16.5. The molecule has 0 bridgehead atoms. The van der Waals surface area contributed by atoms with Crippen LogP contribution in [0.5, 0.6) is 5.75 Å². The third-order valence-corrected chi connectivity index (χ3v) is 10.8. The van der Waals surface area contributed by atoms with Gasteiger partial charge in [-0.05, 0) is 74.6 Å². The summed E-state index contributed by atoms with van der Waals surface area (Å²) in [4.78, 5) is 50.0. The van der Waals surface area contributed by atoms with Crippen molar-refractivity contribution in [3.05, 3.63) is 77.9 Å². The molecule has 9 nitrogen and oxygen atoms in total. The van der Waals surface area contributed by atoms with Crippen molar-refractivity contribution >= 4 is 29.1 Å². The van der Waals surface area contributed by atoms with E-state index in [1.165, 1.54) is 0 Å². The quantitative estimate of drug-likeness (QED) is 0.388. The maximum Gasteiger partial charge on any atom is 0.253 e. The Kier molecular flexibility index (Phi) is 8.82. The second-order valence-corrected chi connectivity index (χ2v) is 13.4. The Morgan fingerprint density at radius 1 is 0.915 bits per heavy atom. The molecule has 1 unspecified atom stereocenters. The Bertz CT molecular complexity index is 1600. The van der Waals surface area contributed by atoms with E-state index in [0.29, 0.717) is 44.0 Å². The highest BCUT2D eigenvalue weighted by Gasteiger charge is 2.76. The number of aliphatic hydroxyl groups is 1. The third-order valence-electron chi connectivity index (χ3n) is 10.8. The van der Waals surface area contributed by atoms with Gasteiger partial charge in [0.15, 0.2) is 0 Å². The Hall–Kier alpha value is -3.95. The van der Waals surface area contributed by atoms with Gasteiger partial charge in [-0.15, -0.1) is 0 Å². The molecule has 2 aromatic carbocycles. The van der Waals surface area contributed by atoms with Crippen molar-refractivity contribution in [3.8, 4) is 5.75 Å². The smallest absolute Gasteiger partial charge is 0.253 e. The van der Waals surface area contributed by atoms with E-state index in [0.717, 1.165) is 16.8 Å². The fourth-order valence-electron chi connectivity index (χ4n) is 8.22. The number of anilines is 2. The summed E-state index contributed by atoms with van der Waals surface area (Å²) in [6.45, 7) is 12.7. The minimum atomic E-state index is -1.41. The number of likely N-dealkylation sites (tertiary alicyclic amines) is 1. The molecular formula is C38H47N3O6. The zero-order chi connectivity index (χ0) is 33.7. The van der Waals surface area contributed by atoms with E-state index in [1.807, 2.05) is 108 Å². The summed E-state index contributed by atoms with van der Waals surface area (Å²) in [6.07, 6.45) is 8.80. The monoisotopic (exact) mass is 641 g/mol. The van der Waals surface area contributed by atoms with Crippen LogP contribution in [0, 0.1) is 31.6 Å². The molecule has 6 rings (SSSR count). The number of aryl methyl sites for hydroxylation is 2. The minimum Gasteiger partial charge on any atom is -0.494 e. The van der Waals surface area contributed by atoms with Gasteiger partial charge in [-0.3, -0.25) is 14.4 Å². The number of carbonyl (C=O) groups is 3. The van der Waals surface area contributed by atoms with Gasteiger partial charge in [0.05, 0.1) is 36.7 Å². The first kappa shape index (κ1) is 33.0. The molecule has 250 valence electrons. The second kappa shape index (κ2) is 12.6. The topological polar surface area (TPSA) is 99.6 Å². The zero-order valence-corrected chi connectivity index (χ0v) is 28.3. The number of carbonyl (C=O) groups excluding carboxylic acids is 3. The number of aliphatic hydroxyl groups excluding tert-OH is 1. The summed E-state index contributed by atoms with van der Waals surface area (Å²) in [5.74, 6) is -2.08. The van der Waals surface area contributed by atoms with Crippen LogP contribution >= 0.6 is 0 Å². The lowest BCUT2D eigenvalue weighted by molar-refractivity contribution is -0.150. The van der Waals surface area contributed by atoms with Gasteiger partial charge in [0.2, 0.25) is 11.8 Å². The van der Waals surface area contributed by atoms with Gasteiger partial charge in [0.25, 0.3) is 5.91 Å². The molecule has 4 aliphatic rings. The van der Waals surface area contributed by atoms with E-state index >= 15 is 9.59 Å². The van der Waals surface area contributed by atoms with E-state index in [1.54, 1.807) is 14.7 Å². The lowest BCUT2D eigenvalue weighted by Gasteiger charge is -2.42. The van der Waals surface area contributed by atoms with Gasteiger partial charge in [0.1, 0.15) is 17.4 Å². The lowest BCUT2D eigenvalue weighted by Crippen LogP contribution is -2.60. The Balaban J connectivity index is 1.51. The van der Waals surface area contributed by atoms with E-state index in [9.17, 15) is 9.90 Å². The molecule has 47 heavy (non-hydrogen) atoms. The molecule has 0 radical (unpaired) electrons. The van der Waals surface area contributed by atoms with Gasteiger partial charge >= 0.3 is 0 Å². The minimum absolute atomic E-state index is 0.102. The number of ether oxygens (including phenoxy) is 2. The molecule has 9 heteroatoms. The number of fused-ring (bicyclic) bond motifs is 2.